The summed E-state index contributed by atoms with van der Waals surface area (Å²) >= 11 is 0. The highest BCUT2D eigenvalue weighted by atomic mass is 14.9. The van der Waals surface area contributed by atoms with Gasteiger partial charge < -0.3 is 5.32 Å². The van der Waals surface area contributed by atoms with Gasteiger partial charge in [0.25, 0.3) is 0 Å². The predicted molar refractivity (Wildman–Crippen MR) is 82.6 cm³/mol. The van der Waals surface area contributed by atoms with E-state index >= 15 is 0 Å². The van der Waals surface area contributed by atoms with Crippen molar-refractivity contribution in [1.82, 2.24) is 5.32 Å². The van der Waals surface area contributed by atoms with Crippen LogP contribution in [-0.4, -0.2) is 12.6 Å². The molecule has 19 heavy (non-hydrogen) atoms. The van der Waals surface area contributed by atoms with Crippen LogP contribution in [0.5, 0.6) is 0 Å². The summed E-state index contributed by atoms with van der Waals surface area (Å²) in [4.78, 5) is 0. The molecule has 2 atom stereocenters. The van der Waals surface area contributed by atoms with E-state index in [4.69, 9.17) is 0 Å². The van der Waals surface area contributed by atoms with Crippen molar-refractivity contribution >= 4 is 10.8 Å². The summed E-state index contributed by atoms with van der Waals surface area (Å²) in [5, 5.41) is 6.45. The molecule has 1 N–H and O–H groups in total. The van der Waals surface area contributed by atoms with Gasteiger partial charge in [-0.15, -0.1) is 0 Å². The highest BCUT2D eigenvalue weighted by Gasteiger charge is 2.27. The number of benzene rings is 2. The van der Waals surface area contributed by atoms with Gasteiger partial charge in [-0.25, -0.2) is 0 Å². The summed E-state index contributed by atoms with van der Waals surface area (Å²) in [7, 11) is 0. The van der Waals surface area contributed by atoms with Gasteiger partial charge in [-0.1, -0.05) is 55.8 Å². The van der Waals surface area contributed by atoms with Crippen LogP contribution in [0.4, 0.5) is 0 Å². The summed E-state index contributed by atoms with van der Waals surface area (Å²) in [6.07, 6.45) is 5.25. The van der Waals surface area contributed by atoms with Gasteiger partial charge in [-0.3, -0.25) is 0 Å². The van der Waals surface area contributed by atoms with Crippen LogP contribution in [0.2, 0.25) is 0 Å². The Bertz CT molecular complexity index is 546. The van der Waals surface area contributed by atoms with Crippen molar-refractivity contribution < 1.29 is 0 Å². The minimum atomic E-state index is 0.682. The Kier molecular flexibility index (Phi) is 3.84. The normalized spacial score (nSPS) is 23.0. The molecular formula is C18H23N. The molecular weight excluding hydrogens is 230 g/mol. The first-order valence-electron chi connectivity index (χ1n) is 7.60. The molecule has 0 saturated heterocycles. The molecule has 0 aromatic heterocycles. The minimum Gasteiger partial charge on any atom is -0.313 e. The van der Waals surface area contributed by atoms with E-state index < -0.39 is 0 Å². The van der Waals surface area contributed by atoms with E-state index in [1.165, 1.54) is 42.0 Å². The van der Waals surface area contributed by atoms with Crippen LogP contribution in [0.1, 0.15) is 44.1 Å². The Morgan fingerprint density at radius 2 is 1.89 bits per heavy atom. The average molecular weight is 253 g/mol. The van der Waals surface area contributed by atoms with Gasteiger partial charge in [0.2, 0.25) is 0 Å². The van der Waals surface area contributed by atoms with Crippen molar-refractivity contribution in [2.24, 2.45) is 0 Å². The lowest BCUT2D eigenvalue weighted by Crippen LogP contribution is -2.31. The van der Waals surface area contributed by atoms with E-state index in [9.17, 15) is 0 Å². The van der Waals surface area contributed by atoms with Crippen LogP contribution in [0, 0.1) is 0 Å². The van der Waals surface area contributed by atoms with E-state index in [-0.39, 0.29) is 0 Å². The van der Waals surface area contributed by atoms with E-state index in [1.54, 1.807) is 0 Å². The van der Waals surface area contributed by atoms with Crippen molar-refractivity contribution in [3.63, 3.8) is 0 Å². The Hall–Kier alpha value is -1.34. The zero-order valence-corrected chi connectivity index (χ0v) is 11.7. The summed E-state index contributed by atoms with van der Waals surface area (Å²) in [6, 6.07) is 16.4. The third-order valence-electron chi connectivity index (χ3n) is 4.37. The second kappa shape index (κ2) is 5.75. The smallest absolute Gasteiger partial charge is 0.0136 e. The van der Waals surface area contributed by atoms with E-state index in [2.05, 4.69) is 54.7 Å². The van der Waals surface area contributed by atoms with Crippen molar-refractivity contribution in [2.45, 2.75) is 44.6 Å². The lowest BCUT2D eigenvalue weighted by Gasteiger charge is -2.21. The molecule has 0 amide bonds. The Morgan fingerprint density at radius 3 is 2.74 bits per heavy atom. The van der Waals surface area contributed by atoms with Crippen LogP contribution in [0.15, 0.2) is 42.5 Å². The second-order valence-electron chi connectivity index (χ2n) is 5.70. The first-order valence-corrected chi connectivity index (χ1v) is 7.60. The molecule has 3 rings (SSSR count). The second-order valence-corrected chi connectivity index (χ2v) is 5.70. The molecule has 1 fully saturated rings. The third-order valence-corrected chi connectivity index (χ3v) is 4.37. The van der Waals surface area contributed by atoms with Crippen LogP contribution in [0.3, 0.4) is 0 Å². The summed E-state index contributed by atoms with van der Waals surface area (Å²) in [6.45, 7) is 3.39. The first-order chi connectivity index (χ1) is 9.38. The van der Waals surface area contributed by atoms with Gasteiger partial charge in [-0.2, -0.15) is 0 Å². The van der Waals surface area contributed by atoms with E-state index in [0.717, 1.165) is 6.54 Å². The summed E-state index contributed by atoms with van der Waals surface area (Å²) in [5.41, 5.74) is 1.52. The number of rotatable bonds is 4. The lowest BCUT2D eigenvalue weighted by atomic mass is 9.92. The lowest BCUT2D eigenvalue weighted by molar-refractivity contribution is 0.479. The highest BCUT2D eigenvalue weighted by molar-refractivity contribution is 5.83. The minimum absolute atomic E-state index is 0.682. The van der Waals surface area contributed by atoms with Crippen molar-refractivity contribution in [3.05, 3.63) is 48.0 Å². The molecule has 0 radical (unpaired) electrons. The summed E-state index contributed by atoms with van der Waals surface area (Å²) < 4.78 is 0. The third kappa shape index (κ3) is 2.66. The molecule has 1 heteroatoms. The molecule has 1 aliphatic carbocycles. The molecule has 1 saturated carbocycles. The molecule has 1 aliphatic rings. The molecule has 2 unspecified atom stereocenters. The Balaban J connectivity index is 1.86. The van der Waals surface area contributed by atoms with Gasteiger partial charge in [0.1, 0.15) is 0 Å². The molecule has 0 heterocycles. The molecule has 2 aromatic rings. The zero-order valence-electron chi connectivity index (χ0n) is 11.7. The van der Waals surface area contributed by atoms with Gasteiger partial charge in [-0.05, 0) is 48.1 Å². The van der Waals surface area contributed by atoms with Crippen molar-refractivity contribution in [3.8, 4) is 0 Å². The van der Waals surface area contributed by atoms with Crippen LogP contribution in [0.25, 0.3) is 10.8 Å². The predicted octanol–water partition coefficient (Wildman–Crippen LogP) is 4.48. The average Bonchev–Trinajstić information content (AvgIpc) is 2.93. The maximum atomic E-state index is 3.73. The monoisotopic (exact) mass is 253 g/mol. The summed E-state index contributed by atoms with van der Waals surface area (Å²) in [5.74, 6) is 0.705. The van der Waals surface area contributed by atoms with Gasteiger partial charge in [0.15, 0.2) is 0 Å². The Labute approximate surface area is 116 Å². The van der Waals surface area contributed by atoms with E-state index in [1.807, 2.05) is 0 Å². The van der Waals surface area contributed by atoms with Gasteiger partial charge >= 0.3 is 0 Å². The molecule has 1 nitrogen and oxygen atoms in total. The highest BCUT2D eigenvalue weighted by Crippen LogP contribution is 2.35. The molecule has 100 valence electrons. The van der Waals surface area contributed by atoms with Crippen molar-refractivity contribution in [2.75, 3.05) is 6.54 Å². The number of fused-ring (bicyclic) bond motifs is 1. The van der Waals surface area contributed by atoms with E-state index in [0.29, 0.717) is 12.0 Å². The maximum Gasteiger partial charge on any atom is 0.0136 e. The van der Waals surface area contributed by atoms with Crippen LogP contribution < -0.4 is 5.32 Å². The standard InChI is InChI=1S/C18H23N/c1-2-12-19-18-9-5-8-17(18)16-11-10-14-6-3-4-7-15(14)13-16/h3-4,6-7,10-11,13,17-19H,2,5,8-9,12H2,1H3. The fourth-order valence-corrected chi connectivity index (χ4v) is 3.37. The first kappa shape index (κ1) is 12.7. The molecule has 2 aromatic carbocycles. The van der Waals surface area contributed by atoms with Gasteiger partial charge in [0.05, 0.1) is 0 Å². The van der Waals surface area contributed by atoms with Crippen molar-refractivity contribution in [1.29, 1.82) is 0 Å². The van der Waals surface area contributed by atoms with Gasteiger partial charge in [0, 0.05) is 6.04 Å². The quantitative estimate of drug-likeness (QED) is 0.847. The number of nitrogens with one attached hydrogen (secondary N) is 1. The topological polar surface area (TPSA) is 12.0 Å². The van der Waals surface area contributed by atoms with Crippen LogP contribution in [-0.2, 0) is 0 Å². The fourth-order valence-electron chi connectivity index (χ4n) is 3.37. The molecule has 0 aliphatic heterocycles. The zero-order chi connectivity index (χ0) is 13.1. The maximum absolute atomic E-state index is 3.73. The SMILES string of the molecule is CCCNC1CCCC1c1ccc2ccccc2c1. The molecule has 0 bridgehead atoms. The largest absolute Gasteiger partial charge is 0.313 e. The number of hydrogen-bond acceptors (Lipinski definition) is 1. The Morgan fingerprint density at radius 1 is 1.05 bits per heavy atom. The fraction of sp³-hybridized carbons (Fsp3) is 0.444. The number of hydrogen-bond donors (Lipinski definition) is 1. The molecule has 0 spiro atoms. The van der Waals surface area contributed by atoms with Crippen LogP contribution >= 0.6 is 0 Å².